The lowest BCUT2D eigenvalue weighted by Crippen LogP contribution is -2.44. The van der Waals surface area contributed by atoms with Gasteiger partial charge in [-0.05, 0) is 69.2 Å². The molecule has 10 heteroatoms. The van der Waals surface area contributed by atoms with Crippen LogP contribution >= 0.6 is 11.6 Å². The van der Waals surface area contributed by atoms with E-state index in [0.29, 0.717) is 39.0 Å². The molecular weight excluding hydrogens is 469 g/mol. The van der Waals surface area contributed by atoms with Crippen LogP contribution in [0.3, 0.4) is 0 Å². The van der Waals surface area contributed by atoms with Crippen molar-refractivity contribution in [1.82, 2.24) is 9.80 Å². The second-order valence-corrected chi connectivity index (χ2v) is 9.92. The maximum absolute atomic E-state index is 13.1. The van der Waals surface area contributed by atoms with Gasteiger partial charge in [0.2, 0.25) is 5.91 Å². The highest BCUT2D eigenvalue weighted by Gasteiger charge is 2.31. The van der Waals surface area contributed by atoms with Gasteiger partial charge in [0, 0.05) is 37.8 Å². The molecule has 7 nitrogen and oxygen atoms in total. The molecule has 2 amide bonds. The van der Waals surface area contributed by atoms with E-state index in [1.54, 1.807) is 9.80 Å². The quantitative estimate of drug-likeness (QED) is 0.629. The zero-order chi connectivity index (χ0) is 24.2. The van der Waals surface area contributed by atoms with Gasteiger partial charge in [-0.25, -0.2) is 12.8 Å². The summed E-state index contributed by atoms with van der Waals surface area (Å²) in [5.74, 6) is -0.895. The second-order valence-electron chi connectivity index (χ2n) is 7.83. The van der Waals surface area contributed by atoms with E-state index in [-0.39, 0.29) is 38.9 Å². The molecule has 2 aromatic rings. The minimum Gasteiger partial charge on any atom is -0.343 e. The van der Waals surface area contributed by atoms with Gasteiger partial charge in [-0.1, -0.05) is 11.6 Å². The van der Waals surface area contributed by atoms with Gasteiger partial charge in [-0.15, -0.1) is 0 Å². The molecule has 1 aliphatic heterocycles. The van der Waals surface area contributed by atoms with E-state index >= 15 is 0 Å². The molecule has 0 aromatic heterocycles. The summed E-state index contributed by atoms with van der Waals surface area (Å²) in [6, 6.07) is 8.80. The van der Waals surface area contributed by atoms with Gasteiger partial charge in [-0.3, -0.25) is 14.3 Å². The van der Waals surface area contributed by atoms with Gasteiger partial charge >= 0.3 is 0 Å². The Morgan fingerprint density at radius 2 is 1.70 bits per heavy atom. The first-order chi connectivity index (χ1) is 15.7. The first-order valence-corrected chi connectivity index (χ1v) is 12.7. The van der Waals surface area contributed by atoms with Crippen LogP contribution in [0.15, 0.2) is 47.4 Å². The van der Waals surface area contributed by atoms with Crippen LogP contribution in [-0.4, -0.2) is 56.2 Å². The van der Waals surface area contributed by atoms with Crippen LogP contribution in [0.2, 0.25) is 5.02 Å². The van der Waals surface area contributed by atoms with Gasteiger partial charge in [-0.2, -0.15) is 0 Å². The fourth-order valence-electron chi connectivity index (χ4n) is 3.86. The number of nitrogens with one attached hydrogen (secondary N) is 1. The van der Waals surface area contributed by atoms with Crippen molar-refractivity contribution >= 4 is 39.1 Å². The summed E-state index contributed by atoms with van der Waals surface area (Å²) in [5, 5.41) is 0.141. The third-order valence-corrected chi connectivity index (χ3v) is 7.49. The number of sulfonamides is 1. The first kappa shape index (κ1) is 25.0. The summed E-state index contributed by atoms with van der Waals surface area (Å²) in [5.41, 5.74) is 0.270. The van der Waals surface area contributed by atoms with Crippen LogP contribution in [0.1, 0.15) is 37.0 Å². The van der Waals surface area contributed by atoms with Gasteiger partial charge in [0.25, 0.3) is 15.9 Å². The number of carbonyl (C=O) groups excluding carboxylic acids is 2. The van der Waals surface area contributed by atoms with E-state index in [1.807, 2.05) is 13.8 Å². The average Bonchev–Trinajstić information content (AvgIpc) is 2.81. The number of halogens is 2. The lowest BCUT2D eigenvalue weighted by molar-refractivity contribution is -0.136. The Kier molecular flexibility index (Phi) is 7.97. The van der Waals surface area contributed by atoms with Crippen molar-refractivity contribution in [2.45, 2.75) is 31.6 Å². The number of likely N-dealkylation sites (tertiary alicyclic amines) is 1. The molecule has 1 fully saturated rings. The van der Waals surface area contributed by atoms with E-state index in [4.69, 9.17) is 11.6 Å². The third kappa shape index (κ3) is 5.83. The molecule has 3 rings (SSSR count). The van der Waals surface area contributed by atoms with E-state index in [2.05, 4.69) is 4.72 Å². The number of benzene rings is 2. The first-order valence-electron chi connectivity index (χ1n) is 10.8. The molecule has 0 radical (unpaired) electrons. The highest BCUT2D eigenvalue weighted by Crippen LogP contribution is 2.26. The molecule has 1 N–H and O–H groups in total. The van der Waals surface area contributed by atoms with Crippen molar-refractivity contribution in [3.8, 4) is 0 Å². The van der Waals surface area contributed by atoms with Crippen molar-refractivity contribution in [2.24, 2.45) is 5.92 Å². The van der Waals surface area contributed by atoms with Crippen molar-refractivity contribution in [3.63, 3.8) is 0 Å². The van der Waals surface area contributed by atoms with Gasteiger partial charge in [0.1, 0.15) is 5.82 Å². The molecular formula is C23H27ClFN3O4S. The van der Waals surface area contributed by atoms with Crippen LogP contribution in [0.4, 0.5) is 10.1 Å². The summed E-state index contributed by atoms with van der Waals surface area (Å²) in [7, 11) is -4.02. The normalized spacial score (nSPS) is 14.7. The van der Waals surface area contributed by atoms with Gasteiger partial charge in [0.15, 0.2) is 0 Å². The van der Waals surface area contributed by atoms with Crippen molar-refractivity contribution in [1.29, 1.82) is 0 Å². The molecule has 0 bridgehead atoms. The number of hydrogen-bond acceptors (Lipinski definition) is 4. The highest BCUT2D eigenvalue weighted by atomic mass is 35.5. The Bertz CT molecular complexity index is 1110. The average molecular weight is 496 g/mol. The van der Waals surface area contributed by atoms with E-state index in [0.717, 1.165) is 12.1 Å². The van der Waals surface area contributed by atoms with Crippen molar-refractivity contribution in [3.05, 3.63) is 58.9 Å². The van der Waals surface area contributed by atoms with E-state index < -0.39 is 15.8 Å². The predicted molar refractivity (Wildman–Crippen MR) is 125 cm³/mol. The SMILES string of the molecule is CCN(CC)C(=O)C1CCN(C(=O)c2cc(S(=O)(=O)Nc3ccc(F)cc3)ccc2Cl)CC1. The van der Waals surface area contributed by atoms with Crippen LogP contribution < -0.4 is 4.72 Å². The molecule has 1 aliphatic rings. The molecule has 0 aliphatic carbocycles. The standard InChI is InChI=1S/C23H27ClFN3O4S/c1-3-27(4-2)22(29)16-11-13-28(14-12-16)23(30)20-15-19(9-10-21(20)24)33(31,32)26-18-7-5-17(25)6-8-18/h5-10,15-16,26H,3-4,11-14H2,1-2H3. The second kappa shape index (κ2) is 10.5. The van der Waals surface area contributed by atoms with Crippen molar-refractivity contribution < 1.29 is 22.4 Å². The number of carbonyl (C=O) groups is 2. The minimum atomic E-state index is -4.02. The Morgan fingerprint density at radius 3 is 2.27 bits per heavy atom. The maximum atomic E-state index is 13.1. The Balaban J connectivity index is 1.73. The van der Waals surface area contributed by atoms with Gasteiger partial charge in [0.05, 0.1) is 15.5 Å². The van der Waals surface area contributed by atoms with Crippen molar-refractivity contribution in [2.75, 3.05) is 30.9 Å². The summed E-state index contributed by atoms with van der Waals surface area (Å²) in [6.07, 6.45) is 1.09. The van der Waals surface area contributed by atoms with Crippen LogP contribution in [0.5, 0.6) is 0 Å². The zero-order valence-corrected chi connectivity index (χ0v) is 20.1. The number of anilines is 1. The predicted octanol–water partition coefficient (Wildman–Crippen LogP) is 4.00. The molecule has 178 valence electrons. The summed E-state index contributed by atoms with van der Waals surface area (Å²) in [6.45, 7) is 5.95. The zero-order valence-electron chi connectivity index (χ0n) is 18.6. The van der Waals surface area contributed by atoms with E-state index in [1.165, 1.54) is 30.3 Å². The van der Waals surface area contributed by atoms with Gasteiger partial charge < -0.3 is 9.80 Å². The molecule has 0 unspecified atom stereocenters. The molecule has 1 saturated heterocycles. The number of hydrogen-bond donors (Lipinski definition) is 1. The lowest BCUT2D eigenvalue weighted by atomic mass is 9.94. The molecule has 0 saturated carbocycles. The fraction of sp³-hybridized carbons (Fsp3) is 0.391. The number of nitrogens with zero attached hydrogens (tertiary/aromatic N) is 2. The number of piperidine rings is 1. The van der Waals surface area contributed by atoms with Crippen LogP contribution in [-0.2, 0) is 14.8 Å². The lowest BCUT2D eigenvalue weighted by Gasteiger charge is -2.34. The van der Waals surface area contributed by atoms with Crippen LogP contribution in [0.25, 0.3) is 0 Å². The molecule has 1 heterocycles. The minimum absolute atomic E-state index is 0.0761. The summed E-state index contributed by atoms with van der Waals surface area (Å²) >= 11 is 6.23. The smallest absolute Gasteiger partial charge is 0.261 e. The molecule has 2 aromatic carbocycles. The number of rotatable bonds is 7. The monoisotopic (exact) mass is 495 g/mol. The third-order valence-electron chi connectivity index (χ3n) is 5.78. The summed E-state index contributed by atoms with van der Waals surface area (Å²) < 4.78 is 41.0. The van der Waals surface area contributed by atoms with E-state index in [9.17, 15) is 22.4 Å². The molecule has 0 spiro atoms. The fourth-order valence-corrected chi connectivity index (χ4v) is 5.14. The Hall–Kier alpha value is -2.65. The summed E-state index contributed by atoms with van der Waals surface area (Å²) in [4.78, 5) is 29.0. The maximum Gasteiger partial charge on any atom is 0.261 e. The largest absolute Gasteiger partial charge is 0.343 e. The molecule has 0 atom stereocenters. The van der Waals surface area contributed by atoms with Crippen LogP contribution in [0, 0.1) is 11.7 Å². The highest BCUT2D eigenvalue weighted by molar-refractivity contribution is 7.92. The number of amides is 2. The Morgan fingerprint density at radius 1 is 1.09 bits per heavy atom. The Labute approximate surface area is 198 Å². The topological polar surface area (TPSA) is 86.8 Å². The molecule has 33 heavy (non-hydrogen) atoms.